The largest absolute Gasteiger partial charge is 0.495 e. The number of carbonyl (C=O) groups is 7. The van der Waals surface area contributed by atoms with Crippen LogP contribution in [-0.2, 0) is 63.6 Å². The first-order chi connectivity index (χ1) is 31.9. The Balaban J connectivity index is 1.30. The molecule has 1 saturated carbocycles. The van der Waals surface area contributed by atoms with Crippen molar-refractivity contribution in [3.8, 4) is 5.75 Å². The van der Waals surface area contributed by atoms with Crippen molar-refractivity contribution in [2.24, 2.45) is 17.8 Å². The standard InChI is InChI=1S/C48H66ClN3O15S/c1-26-12-11-13-37(62-10)47(5,60)23-35(65-29(4)53)27(2)42-48(6,67-42)38(22-39(54)51(8)33-19-31(18-26)20-34(61-9)41(33)49)66-44(57)28(3)50(7)46(59)64-25-63-45(58)32-16-14-30(15-17-32)24-52-40(55)21-36(68)43(52)56/h11-13,19-20,27-28,30,32,35-38,42,60,68H,14-18,21-25H2,1-10H3/b13-11+,26-12+/t27-,28+,30?,32?,35+,36?,37-,38+,42+,47+,48+/m1/s1. The van der Waals surface area contributed by atoms with Gasteiger partial charge in [0.2, 0.25) is 24.5 Å². The van der Waals surface area contributed by atoms with Crippen LogP contribution >= 0.6 is 24.2 Å². The van der Waals surface area contributed by atoms with Gasteiger partial charge in [-0.05, 0) is 83.4 Å². The average Bonchev–Trinajstić information content (AvgIpc) is 3.93. The Kier molecular flexibility index (Phi) is 18.2. The number of nitrogens with zero attached hydrogens (tertiary/aromatic N) is 3. The molecule has 2 bridgehead atoms. The Hall–Kier alpha value is -4.69. The minimum atomic E-state index is -1.55. The minimum Gasteiger partial charge on any atom is -0.495 e. The van der Waals surface area contributed by atoms with Crippen LogP contribution in [0.4, 0.5) is 10.5 Å². The molecule has 0 radical (unpaired) electrons. The molecule has 376 valence electrons. The predicted molar refractivity (Wildman–Crippen MR) is 251 cm³/mol. The van der Waals surface area contributed by atoms with E-state index >= 15 is 0 Å². The highest BCUT2D eigenvalue weighted by Gasteiger charge is 2.64. The molecule has 0 aromatic heterocycles. The first-order valence-electron chi connectivity index (χ1n) is 22.8. The van der Waals surface area contributed by atoms with E-state index in [4.69, 9.17) is 44.8 Å². The van der Waals surface area contributed by atoms with E-state index in [0.29, 0.717) is 43.5 Å². The minimum absolute atomic E-state index is 0.0442. The molecule has 1 aliphatic carbocycles. The van der Waals surface area contributed by atoms with Gasteiger partial charge in [-0.3, -0.25) is 33.8 Å². The molecule has 20 heteroatoms. The summed E-state index contributed by atoms with van der Waals surface area (Å²) >= 11 is 11.0. The molecule has 0 spiro atoms. The topological polar surface area (TPSA) is 217 Å². The fourth-order valence-corrected chi connectivity index (χ4v) is 9.78. The average molecular weight is 993 g/mol. The molecule has 68 heavy (non-hydrogen) atoms. The van der Waals surface area contributed by atoms with Crippen molar-refractivity contribution in [2.45, 2.75) is 140 Å². The number of ether oxygens (including phenoxy) is 7. The quantitative estimate of drug-likeness (QED) is 0.0711. The Morgan fingerprint density at radius 3 is 2.31 bits per heavy atom. The smallest absolute Gasteiger partial charge is 0.413 e. The van der Waals surface area contributed by atoms with Gasteiger partial charge in [0, 0.05) is 53.4 Å². The third-order valence-corrected chi connectivity index (χ3v) is 14.4. The fourth-order valence-electron chi connectivity index (χ4n) is 9.17. The molecule has 4 amide bonds. The molecule has 1 aromatic rings. The van der Waals surface area contributed by atoms with E-state index in [1.807, 2.05) is 13.0 Å². The monoisotopic (exact) mass is 991 g/mol. The Bertz CT molecular complexity index is 2140. The van der Waals surface area contributed by atoms with Gasteiger partial charge >= 0.3 is 24.0 Å². The normalized spacial score (nSPS) is 32.0. The van der Waals surface area contributed by atoms with E-state index in [0.717, 1.165) is 16.0 Å². The van der Waals surface area contributed by atoms with Crippen molar-refractivity contribution >= 4 is 71.6 Å². The molecule has 1 aromatic carbocycles. The van der Waals surface area contributed by atoms with E-state index in [-0.39, 0.29) is 42.1 Å². The Morgan fingerprint density at radius 1 is 1.03 bits per heavy atom. The summed E-state index contributed by atoms with van der Waals surface area (Å²) < 4.78 is 40.0. The Labute approximate surface area is 408 Å². The fraction of sp³-hybridized carbons (Fsp3) is 0.646. The second-order valence-corrected chi connectivity index (χ2v) is 19.8. The molecule has 18 nitrogen and oxygen atoms in total. The van der Waals surface area contributed by atoms with Crippen molar-refractivity contribution in [1.82, 2.24) is 9.80 Å². The number of carbonyl (C=O) groups excluding carboxylic acids is 7. The van der Waals surface area contributed by atoms with Crippen molar-refractivity contribution in [3.63, 3.8) is 0 Å². The highest BCUT2D eigenvalue weighted by Crippen LogP contribution is 2.49. The number of anilines is 1. The van der Waals surface area contributed by atoms with Gasteiger partial charge in [-0.15, -0.1) is 0 Å². The molecule has 3 heterocycles. The lowest BCUT2D eigenvalue weighted by molar-refractivity contribution is -0.162. The van der Waals surface area contributed by atoms with Crippen LogP contribution in [0, 0.1) is 17.8 Å². The van der Waals surface area contributed by atoms with Crippen LogP contribution in [-0.4, -0.2) is 145 Å². The van der Waals surface area contributed by atoms with Gasteiger partial charge in [0.15, 0.2) is 0 Å². The summed E-state index contributed by atoms with van der Waals surface area (Å²) in [5.74, 6) is -3.86. The zero-order valence-corrected chi connectivity index (χ0v) is 42.1. The van der Waals surface area contributed by atoms with Crippen LogP contribution in [0.2, 0.25) is 5.02 Å². The lowest BCUT2D eigenvalue weighted by Gasteiger charge is -2.35. The lowest BCUT2D eigenvalue weighted by atomic mass is 9.82. The van der Waals surface area contributed by atoms with Crippen LogP contribution in [0.5, 0.6) is 5.75 Å². The van der Waals surface area contributed by atoms with Crippen molar-refractivity contribution in [3.05, 3.63) is 46.5 Å². The van der Waals surface area contributed by atoms with Crippen molar-refractivity contribution < 1.29 is 71.8 Å². The Morgan fingerprint density at radius 2 is 1.71 bits per heavy atom. The number of hydrogen-bond donors (Lipinski definition) is 2. The van der Waals surface area contributed by atoms with Crippen molar-refractivity contribution in [1.29, 1.82) is 0 Å². The molecule has 5 rings (SSSR count). The SMILES string of the molecule is COc1cc2cc(c1Cl)N(C)C(=O)C[C@H](OC(=O)[C@H](C)N(C)C(=O)OCOC(=O)C1CCC(CN3C(=O)CC(S)C3=O)CC1)[C@]1(C)O[C@H]1[C@H](C)[C@@H](OC(C)=O)C[C@](C)(O)[C@H](OC)/C=C/C=C(\C)C2. The van der Waals surface area contributed by atoms with Crippen LogP contribution in [0.1, 0.15) is 92.1 Å². The predicted octanol–water partition coefficient (Wildman–Crippen LogP) is 5.37. The zero-order valence-electron chi connectivity index (χ0n) is 40.5. The number of methoxy groups -OCH3 is 2. The first-order valence-corrected chi connectivity index (χ1v) is 23.7. The summed E-state index contributed by atoms with van der Waals surface area (Å²) in [6, 6.07) is 2.25. The number of imide groups is 1. The van der Waals surface area contributed by atoms with Crippen LogP contribution < -0.4 is 9.64 Å². The van der Waals surface area contributed by atoms with Gasteiger partial charge < -0.3 is 43.2 Å². The molecule has 2 saturated heterocycles. The number of likely N-dealkylation sites (N-methyl/N-ethyl adjacent to an activating group) is 1. The summed E-state index contributed by atoms with van der Waals surface area (Å²) in [6.07, 6.45) is 2.69. The number of halogens is 1. The van der Waals surface area contributed by atoms with E-state index in [1.165, 1.54) is 52.0 Å². The molecule has 4 aliphatic rings. The van der Waals surface area contributed by atoms with Gasteiger partial charge in [0.1, 0.15) is 40.7 Å². The molecule has 1 N–H and O–H groups in total. The summed E-state index contributed by atoms with van der Waals surface area (Å²) in [5.41, 5.74) is -0.868. The maximum atomic E-state index is 14.3. The number of thiol groups is 1. The number of allylic oxidation sites excluding steroid dienone is 3. The van der Waals surface area contributed by atoms with E-state index < -0.39 is 102 Å². The number of aliphatic hydroxyl groups is 1. The van der Waals surface area contributed by atoms with E-state index in [9.17, 15) is 38.7 Å². The van der Waals surface area contributed by atoms with Gasteiger partial charge in [0.25, 0.3) is 0 Å². The molecule has 9 atom stereocenters. The summed E-state index contributed by atoms with van der Waals surface area (Å²) in [5, 5.41) is 11.4. The van der Waals surface area contributed by atoms with Crippen LogP contribution in [0.15, 0.2) is 35.9 Å². The maximum Gasteiger partial charge on any atom is 0.413 e. The van der Waals surface area contributed by atoms with E-state index in [1.54, 1.807) is 45.1 Å². The number of likely N-dealkylation sites (tertiary alicyclic amines) is 1. The summed E-state index contributed by atoms with van der Waals surface area (Å²) in [6.45, 7) is 9.13. The third kappa shape index (κ3) is 12.9. The number of epoxide rings is 1. The zero-order chi connectivity index (χ0) is 50.4. The second kappa shape index (κ2) is 22.8. The van der Waals surface area contributed by atoms with Crippen molar-refractivity contribution in [2.75, 3.05) is 46.6 Å². The van der Waals surface area contributed by atoms with Crippen LogP contribution in [0.3, 0.4) is 0 Å². The molecule has 3 fully saturated rings. The molecular formula is C48H66ClN3O15S. The molecule has 1 unspecified atom stereocenters. The number of fused-ring (bicyclic) bond motifs is 3. The maximum absolute atomic E-state index is 14.3. The molecule has 3 aliphatic heterocycles. The molecular weight excluding hydrogens is 926 g/mol. The second-order valence-electron chi connectivity index (χ2n) is 18.8. The van der Waals surface area contributed by atoms with Crippen LogP contribution in [0.25, 0.3) is 0 Å². The highest BCUT2D eigenvalue weighted by molar-refractivity contribution is 7.81. The summed E-state index contributed by atoms with van der Waals surface area (Å²) in [4.78, 5) is 95.0. The van der Waals surface area contributed by atoms with Gasteiger partial charge in [0.05, 0.1) is 42.1 Å². The number of rotatable bonds is 11. The van der Waals surface area contributed by atoms with Gasteiger partial charge in [-0.2, -0.15) is 12.6 Å². The lowest BCUT2D eigenvalue weighted by Crippen LogP contribution is -2.48. The van der Waals surface area contributed by atoms with Gasteiger partial charge in [-0.1, -0.05) is 42.3 Å². The summed E-state index contributed by atoms with van der Waals surface area (Å²) in [7, 11) is 5.75. The number of esters is 3. The number of amides is 4. The highest BCUT2D eigenvalue weighted by atomic mass is 35.5. The van der Waals surface area contributed by atoms with Gasteiger partial charge in [-0.25, -0.2) is 9.59 Å². The number of benzene rings is 1. The first kappa shape index (κ1) is 54.3. The van der Waals surface area contributed by atoms with E-state index in [2.05, 4.69) is 12.6 Å². The number of hydrogen-bond acceptors (Lipinski definition) is 16. The third-order valence-electron chi connectivity index (χ3n) is 13.6.